The second-order valence-corrected chi connectivity index (χ2v) is 6.90. The predicted molar refractivity (Wildman–Crippen MR) is 80.3 cm³/mol. The summed E-state index contributed by atoms with van der Waals surface area (Å²) in [6.45, 7) is 14.4. The van der Waals surface area contributed by atoms with E-state index < -0.39 is 0 Å². The van der Waals surface area contributed by atoms with Gasteiger partial charge in [0.2, 0.25) is 0 Å². The number of nitrogens with zero attached hydrogens (tertiary/aromatic N) is 1. The number of aromatic nitrogens is 1. The van der Waals surface area contributed by atoms with E-state index in [1.165, 1.54) is 0 Å². The SMILES string of the molecule is CC(C)NCCCc1ncc(CC(C)C(C)(C)C)o1. The Hall–Kier alpha value is -0.830. The van der Waals surface area contributed by atoms with Crippen LogP contribution in [-0.2, 0) is 12.8 Å². The minimum Gasteiger partial charge on any atom is -0.446 e. The zero-order valence-corrected chi connectivity index (χ0v) is 13.4. The van der Waals surface area contributed by atoms with Crippen LogP contribution < -0.4 is 5.32 Å². The van der Waals surface area contributed by atoms with Crippen LogP contribution in [0.4, 0.5) is 0 Å². The number of nitrogens with one attached hydrogen (secondary N) is 1. The average molecular weight is 266 g/mol. The van der Waals surface area contributed by atoms with Gasteiger partial charge >= 0.3 is 0 Å². The van der Waals surface area contributed by atoms with Crippen LogP contribution in [-0.4, -0.2) is 17.6 Å². The predicted octanol–water partition coefficient (Wildman–Crippen LogP) is 3.83. The topological polar surface area (TPSA) is 38.1 Å². The lowest BCUT2D eigenvalue weighted by Gasteiger charge is -2.26. The summed E-state index contributed by atoms with van der Waals surface area (Å²) in [5.74, 6) is 2.49. The molecule has 0 aliphatic heterocycles. The van der Waals surface area contributed by atoms with Crippen LogP contribution in [0.15, 0.2) is 10.6 Å². The lowest BCUT2D eigenvalue weighted by molar-refractivity contribution is 0.246. The van der Waals surface area contributed by atoms with Gasteiger partial charge in [0.15, 0.2) is 5.89 Å². The van der Waals surface area contributed by atoms with Gasteiger partial charge in [-0.15, -0.1) is 0 Å². The summed E-state index contributed by atoms with van der Waals surface area (Å²) in [5, 5.41) is 3.41. The maximum Gasteiger partial charge on any atom is 0.194 e. The summed E-state index contributed by atoms with van der Waals surface area (Å²) < 4.78 is 5.82. The second-order valence-electron chi connectivity index (χ2n) is 6.90. The Balaban J connectivity index is 2.36. The van der Waals surface area contributed by atoms with Crippen molar-refractivity contribution in [2.45, 2.75) is 66.8 Å². The molecular formula is C16H30N2O. The molecule has 0 radical (unpaired) electrons. The molecule has 0 aliphatic rings. The van der Waals surface area contributed by atoms with Crippen molar-refractivity contribution in [1.29, 1.82) is 0 Å². The van der Waals surface area contributed by atoms with Crippen LogP contribution in [0.2, 0.25) is 0 Å². The van der Waals surface area contributed by atoms with E-state index in [1.807, 2.05) is 6.20 Å². The van der Waals surface area contributed by atoms with Crippen molar-refractivity contribution in [2.75, 3.05) is 6.54 Å². The summed E-state index contributed by atoms with van der Waals surface area (Å²) in [5.41, 5.74) is 0.314. The highest BCUT2D eigenvalue weighted by Gasteiger charge is 2.21. The summed E-state index contributed by atoms with van der Waals surface area (Å²) in [7, 11) is 0. The Morgan fingerprint density at radius 2 is 1.95 bits per heavy atom. The Morgan fingerprint density at radius 1 is 1.26 bits per heavy atom. The van der Waals surface area contributed by atoms with Gasteiger partial charge in [0.1, 0.15) is 5.76 Å². The maximum atomic E-state index is 5.82. The summed E-state index contributed by atoms with van der Waals surface area (Å²) in [4.78, 5) is 4.37. The molecule has 0 saturated heterocycles. The number of hydrogen-bond acceptors (Lipinski definition) is 3. The molecule has 1 N–H and O–H groups in total. The Morgan fingerprint density at radius 3 is 2.53 bits per heavy atom. The molecule has 0 bridgehead atoms. The van der Waals surface area contributed by atoms with E-state index in [-0.39, 0.29) is 0 Å². The third-order valence-corrected chi connectivity index (χ3v) is 3.71. The normalized spacial score (nSPS) is 14.1. The molecule has 1 unspecified atom stereocenters. The van der Waals surface area contributed by atoms with Gasteiger partial charge in [-0.2, -0.15) is 0 Å². The largest absolute Gasteiger partial charge is 0.446 e. The molecule has 0 aliphatic carbocycles. The fourth-order valence-electron chi connectivity index (χ4n) is 1.80. The van der Waals surface area contributed by atoms with Gasteiger partial charge in [-0.05, 0) is 24.3 Å². The molecule has 19 heavy (non-hydrogen) atoms. The van der Waals surface area contributed by atoms with Gasteiger partial charge in [0, 0.05) is 18.9 Å². The molecule has 1 rings (SSSR count). The van der Waals surface area contributed by atoms with Gasteiger partial charge in [-0.1, -0.05) is 41.5 Å². The van der Waals surface area contributed by atoms with Crippen molar-refractivity contribution in [2.24, 2.45) is 11.3 Å². The fourth-order valence-corrected chi connectivity index (χ4v) is 1.80. The minimum absolute atomic E-state index is 0.314. The van der Waals surface area contributed by atoms with Crippen LogP contribution in [0.25, 0.3) is 0 Å². The van der Waals surface area contributed by atoms with Crippen molar-refractivity contribution >= 4 is 0 Å². The van der Waals surface area contributed by atoms with Crippen LogP contribution in [0.1, 0.15) is 59.6 Å². The highest BCUT2D eigenvalue weighted by molar-refractivity contribution is 4.97. The van der Waals surface area contributed by atoms with Gasteiger partial charge in [0.05, 0.1) is 6.20 Å². The molecule has 0 saturated carbocycles. The van der Waals surface area contributed by atoms with Gasteiger partial charge < -0.3 is 9.73 Å². The van der Waals surface area contributed by atoms with E-state index in [1.54, 1.807) is 0 Å². The third kappa shape index (κ3) is 6.24. The molecule has 1 aromatic rings. The van der Waals surface area contributed by atoms with Crippen molar-refractivity contribution in [3.63, 3.8) is 0 Å². The molecule has 1 atom stereocenters. The first-order valence-corrected chi connectivity index (χ1v) is 7.46. The third-order valence-electron chi connectivity index (χ3n) is 3.71. The number of rotatable bonds is 7. The molecule has 110 valence electrons. The average Bonchev–Trinajstić information content (AvgIpc) is 2.70. The smallest absolute Gasteiger partial charge is 0.194 e. The Kier molecular flexibility index (Phi) is 6.05. The summed E-state index contributed by atoms with van der Waals surface area (Å²) >= 11 is 0. The Bertz CT molecular complexity index is 363. The fraction of sp³-hybridized carbons (Fsp3) is 0.812. The first kappa shape index (κ1) is 16.2. The molecule has 3 nitrogen and oxygen atoms in total. The first-order chi connectivity index (χ1) is 8.79. The van der Waals surface area contributed by atoms with E-state index in [9.17, 15) is 0 Å². The van der Waals surface area contributed by atoms with Gasteiger partial charge in [0.25, 0.3) is 0 Å². The van der Waals surface area contributed by atoms with E-state index >= 15 is 0 Å². The van der Waals surface area contributed by atoms with Gasteiger partial charge in [-0.3, -0.25) is 0 Å². The van der Waals surface area contributed by atoms with E-state index in [0.29, 0.717) is 17.4 Å². The summed E-state index contributed by atoms with van der Waals surface area (Å²) in [6, 6.07) is 0.549. The number of oxazole rings is 1. The molecule has 0 spiro atoms. The lowest BCUT2D eigenvalue weighted by Crippen LogP contribution is -2.23. The quantitative estimate of drug-likeness (QED) is 0.762. The molecule has 0 aromatic carbocycles. The standard InChI is InChI=1S/C16H30N2O/c1-12(2)17-9-7-8-15-18-11-14(19-15)10-13(3)16(4,5)6/h11-13,17H,7-10H2,1-6H3. The highest BCUT2D eigenvalue weighted by Crippen LogP contribution is 2.28. The maximum absolute atomic E-state index is 5.82. The second kappa shape index (κ2) is 7.09. The van der Waals surface area contributed by atoms with Crippen LogP contribution in [0.3, 0.4) is 0 Å². The minimum atomic E-state index is 0.314. The van der Waals surface area contributed by atoms with Crippen LogP contribution >= 0.6 is 0 Å². The monoisotopic (exact) mass is 266 g/mol. The highest BCUT2D eigenvalue weighted by atomic mass is 16.4. The van der Waals surface area contributed by atoms with Gasteiger partial charge in [-0.25, -0.2) is 4.98 Å². The Labute approximate surface area is 118 Å². The number of aryl methyl sites for hydroxylation is 1. The molecule has 1 heterocycles. The van der Waals surface area contributed by atoms with Crippen molar-refractivity contribution in [3.05, 3.63) is 17.8 Å². The first-order valence-electron chi connectivity index (χ1n) is 7.46. The van der Waals surface area contributed by atoms with E-state index in [0.717, 1.165) is 37.5 Å². The zero-order chi connectivity index (χ0) is 14.5. The molecule has 1 aromatic heterocycles. The van der Waals surface area contributed by atoms with E-state index in [4.69, 9.17) is 4.42 Å². The van der Waals surface area contributed by atoms with Crippen molar-refractivity contribution in [1.82, 2.24) is 10.3 Å². The molecular weight excluding hydrogens is 236 g/mol. The summed E-state index contributed by atoms with van der Waals surface area (Å²) in [6.07, 6.45) is 4.87. The lowest BCUT2D eigenvalue weighted by atomic mass is 9.80. The van der Waals surface area contributed by atoms with Crippen molar-refractivity contribution < 1.29 is 4.42 Å². The molecule has 3 heteroatoms. The van der Waals surface area contributed by atoms with Crippen molar-refractivity contribution in [3.8, 4) is 0 Å². The molecule has 0 fully saturated rings. The molecule has 0 amide bonds. The van der Waals surface area contributed by atoms with E-state index in [2.05, 4.69) is 51.8 Å². The zero-order valence-electron chi connectivity index (χ0n) is 13.4. The van der Waals surface area contributed by atoms with Crippen LogP contribution in [0.5, 0.6) is 0 Å². The van der Waals surface area contributed by atoms with Crippen LogP contribution in [0, 0.1) is 11.3 Å². The number of hydrogen-bond donors (Lipinski definition) is 1.